The molecule has 1 fully saturated rings. The molecular formula is C10H17N3O4S. The number of nitrogens with zero attached hydrogens (tertiary/aromatic N) is 3. The van der Waals surface area contributed by atoms with Gasteiger partial charge in [0, 0.05) is 18.8 Å². The number of aliphatic hydroxyl groups is 1. The highest BCUT2D eigenvalue weighted by Gasteiger charge is 2.32. The molecule has 1 saturated heterocycles. The van der Waals surface area contributed by atoms with E-state index in [1.807, 2.05) is 6.92 Å². The molecule has 1 aliphatic heterocycles. The Morgan fingerprint density at radius 1 is 1.61 bits per heavy atom. The van der Waals surface area contributed by atoms with Gasteiger partial charge >= 0.3 is 0 Å². The lowest BCUT2D eigenvalue weighted by Gasteiger charge is -2.31. The molecule has 1 atom stereocenters. The van der Waals surface area contributed by atoms with Crippen LogP contribution in [-0.2, 0) is 21.3 Å². The van der Waals surface area contributed by atoms with Crippen LogP contribution in [0.15, 0.2) is 17.3 Å². The standard InChI is InChI=1S/C10H17N3O4S/c1-9-8-17-5-3-13(9)18(15,16)10-6-11-12(7-10)2-4-14/h6-7,9,14H,2-5,8H2,1H3. The molecular weight excluding hydrogens is 258 g/mol. The lowest BCUT2D eigenvalue weighted by atomic mass is 10.3. The summed E-state index contributed by atoms with van der Waals surface area (Å²) in [5.41, 5.74) is 0. The average Bonchev–Trinajstić information content (AvgIpc) is 2.79. The van der Waals surface area contributed by atoms with Gasteiger partial charge in [0.1, 0.15) is 4.90 Å². The van der Waals surface area contributed by atoms with Gasteiger partial charge in [-0.3, -0.25) is 4.68 Å². The molecule has 0 spiro atoms. The SMILES string of the molecule is CC1COCCN1S(=O)(=O)c1cnn(CCO)c1. The number of ether oxygens (including phenoxy) is 1. The zero-order valence-electron chi connectivity index (χ0n) is 10.2. The molecule has 0 saturated carbocycles. The lowest BCUT2D eigenvalue weighted by molar-refractivity contribution is 0.0392. The summed E-state index contributed by atoms with van der Waals surface area (Å²) in [5, 5.41) is 12.7. The number of hydrogen-bond donors (Lipinski definition) is 1. The van der Waals surface area contributed by atoms with Crippen molar-refractivity contribution in [2.75, 3.05) is 26.4 Å². The summed E-state index contributed by atoms with van der Waals surface area (Å²) in [6, 6.07) is -0.176. The third-order valence-corrected chi connectivity index (χ3v) is 4.82. The molecule has 8 heteroatoms. The molecule has 2 heterocycles. The number of hydrogen-bond acceptors (Lipinski definition) is 5. The van der Waals surface area contributed by atoms with E-state index in [4.69, 9.17) is 9.84 Å². The molecule has 1 N–H and O–H groups in total. The molecule has 2 rings (SSSR count). The van der Waals surface area contributed by atoms with Crippen LogP contribution in [0.3, 0.4) is 0 Å². The molecule has 1 aromatic heterocycles. The minimum Gasteiger partial charge on any atom is -0.394 e. The van der Waals surface area contributed by atoms with E-state index in [0.717, 1.165) is 0 Å². The second kappa shape index (κ2) is 5.35. The van der Waals surface area contributed by atoms with Gasteiger partial charge in [-0.15, -0.1) is 0 Å². The number of rotatable bonds is 4. The van der Waals surface area contributed by atoms with Crippen LogP contribution in [0.2, 0.25) is 0 Å². The van der Waals surface area contributed by atoms with Crippen LogP contribution in [0.5, 0.6) is 0 Å². The fourth-order valence-electron chi connectivity index (χ4n) is 1.91. The molecule has 0 amide bonds. The Balaban J connectivity index is 2.23. The third-order valence-electron chi connectivity index (χ3n) is 2.85. The predicted octanol–water partition coefficient (Wildman–Crippen LogP) is -0.715. The van der Waals surface area contributed by atoms with Gasteiger partial charge in [-0.2, -0.15) is 9.40 Å². The van der Waals surface area contributed by atoms with Crippen molar-refractivity contribution in [3.8, 4) is 0 Å². The second-order valence-corrected chi connectivity index (χ2v) is 6.09. The maximum Gasteiger partial charge on any atom is 0.246 e. The highest BCUT2D eigenvalue weighted by atomic mass is 32.2. The molecule has 102 valence electrons. The van der Waals surface area contributed by atoms with Crippen molar-refractivity contribution in [3.63, 3.8) is 0 Å². The molecule has 0 aromatic carbocycles. The summed E-state index contributed by atoms with van der Waals surface area (Å²) in [6.45, 7) is 3.20. The van der Waals surface area contributed by atoms with E-state index in [9.17, 15) is 8.42 Å². The largest absolute Gasteiger partial charge is 0.394 e. The zero-order valence-corrected chi connectivity index (χ0v) is 11.0. The lowest BCUT2D eigenvalue weighted by Crippen LogP contribution is -2.46. The topological polar surface area (TPSA) is 84.7 Å². The Kier molecular flexibility index (Phi) is 4.00. The smallest absolute Gasteiger partial charge is 0.246 e. The summed E-state index contributed by atoms with van der Waals surface area (Å²) >= 11 is 0. The van der Waals surface area contributed by atoms with Crippen molar-refractivity contribution >= 4 is 10.0 Å². The van der Waals surface area contributed by atoms with Crippen molar-refractivity contribution < 1.29 is 18.3 Å². The Morgan fingerprint density at radius 3 is 3.06 bits per heavy atom. The quantitative estimate of drug-likeness (QED) is 0.784. The minimum absolute atomic E-state index is 0.0743. The highest BCUT2D eigenvalue weighted by molar-refractivity contribution is 7.89. The van der Waals surface area contributed by atoms with E-state index in [1.54, 1.807) is 0 Å². The first-order valence-corrected chi connectivity index (χ1v) is 7.22. The van der Waals surface area contributed by atoms with Crippen LogP contribution in [0.4, 0.5) is 0 Å². The van der Waals surface area contributed by atoms with Gasteiger partial charge in [0.25, 0.3) is 0 Å². The Hall–Kier alpha value is -0.960. The van der Waals surface area contributed by atoms with Crippen molar-refractivity contribution in [1.29, 1.82) is 0 Å². The number of aromatic nitrogens is 2. The van der Waals surface area contributed by atoms with E-state index in [-0.39, 0.29) is 24.1 Å². The molecule has 0 radical (unpaired) electrons. The van der Waals surface area contributed by atoms with Crippen LogP contribution >= 0.6 is 0 Å². The maximum atomic E-state index is 12.4. The van der Waals surface area contributed by atoms with Gasteiger partial charge in [0.15, 0.2) is 0 Å². The summed E-state index contributed by atoms with van der Waals surface area (Å²) in [4.78, 5) is 0.157. The van der Waals surface area contributed by atoms with Crippen LogP contribution in [-0.4, -0.2) is 60.0 Å². The first-order chi connectivity index (χ1) is 8.55. The van der Waals surface area contributed by atoms with Crippen molar-refractivity contribution in [1.82, 2.24) is 14.1 Å². The average molecular weight is 275 g/mol. The molecule has 1 unspecified atom stereocenters. The summed E-state index contributed by atoms with van der Waals surface area (Å²) < 4.78 is 32.8. The van der Waals surface area contributed by atoms with E-state index >= 15 is 0 Å². The third kappa shape index (κ3) is 2.56. The normalized spacial score (nSPS) is 22.2. The zero-order chi connectivity index (χ0) is 13.2. The van der Waals surface area contributed by atoms with Crippen LogP contribution in [0, 0.1) is 0 Å². The summed E-state index contributed by atoms with van der Waals surface area (Å²) in [5.74, 6) is 0. The van der Waals surface area contributed by atoms with Gasteiger partial charge in [-0.05, 0) is 6.92 Å². The maximum absolute atomic E-state index is 12.4. The number of sulfonamides is 1. The van der Waals surface area contributed by atoms with Gasteiger partial charge < -0.3 is 9.84 Å². The van der Waals surface area contributed by atoms with Crippen LogP contribution in [0.25, 0.3) is 0 Å². The molecule has 1 aromatic rings. The minimum atomic E-state index is -3.52. The van der Waals surface area contributed by atoms with Gasteiger partial charge in [0.05, 0.1) is 32.6 Å². The second-order valence-electron chi connectivity index (χ2n) is 4.20. The van der Waals surface area contributed by atoms with Gasteiger partial charge in [-0.25, -0.2) is 8.42 Å². The van der Waals surface area contributed by atoms with E-state index < -0.39 is 10.0 Å². The summed E-state index contributed by atoms with van der Waals surface area (Å²) in [6.07, 6.45) is 2.75. The van der Waals surface area contributed by atoms with Gasteiger partial charge in [0.2, 0.25) is 10.0 Å². The number of aliphatic hydroxyl groups excluding tert-OH is 1. The monoisotopic (exact) mass is 275 g/mol. The van der Waals surface area contributed by atoms with E-state index in [0.29, 0.717) is 19.8 Å². The summed E-state index contributed by atoms with van der Waals surface area (Å²) in [7, 11) is -3.52. The Morgan fingerprint density at radius 2 is 2.39 bits per heavy atom. The molecule has 18 heavy (non-hydrogen) atoms. The first kappa shape index (κ1) is 13.5. The molecule has 7 nitrogen and oxygen atoms in total. The van der Waals surface area contributed by atoms with Crippen LogP contribution in [0.1, 0.15) is 6.92 Å². The first-order valence-electron chi connectivity index (χ1n) is 5.78. The Bertz CT molecular complexity index is 499. The molecule has 0 aliphatic carbocycles. The van der Waals surface area contributed by atoms with Crippen molar-refractivity contribution in [2.24, 2.45) is 0 Å². The predicted molar refractivity (Wildman–Crippen MR) is 63.5 cm³/mol. The number of morpholine rings is 1. The Labute approximate surface area is 106 Å². The molecule has 1 aliphatic rings. The van der Waals surface area contributed by atoms with Gasteiger partial charge in [-0.1, -0.05) is 0 Å². The molecule has 0 bridgehead atoms. The van der Waals surface area contributed by atoms with Crippen LogP contribution < -0.4 is 0 Å². The fourth-order valence-corrected chi connectivity index (χ4v) is 3.46. The van der Waals surface area contributed by atoms with Crippen molar-refractivity contribution in [3.05, 3.63) is 12.4 Å². The highest BCUT2D eigenvalue weighted by Crippen LogP contribution is 2.19. The van der Waals surface area contributed by atoms with E-state index in [2.05, 4.69) is 5.10 Å². The fraction of sp³-hybridized carbons (Fsp3) is 0.700. The van der Waals surface area contributed by atoms with E-state index in [1.165, 1.54) is 21.4 Å². The van der Waals surface area contributed by atoms with Crippen molar-refractivity contribution in [2.45, 2.75) is 24.4 Å².